The van der Waals surface area contributed by atoms with Gasteiger partial charge in [-0.25, -0.2) is 9.48 Å². The van der Waals surface area contributed by atoms with Gasteiger partial charge in [0, 0.05) is 18.9 Å². The number of hydrogen-bond donors (Lipinski definition) is 1. The topological polar surface area (TPSA) is 56.1 Å². The number of benzene rings is 1. The Labute approximate surface area is 105 Å². The van der Waals surface area contributed by atoms with E-state index in [1.54, 1.807) is 23.9 Å². The molecule has 1 aromatic heterocycles. The van der Waals surface area contributed by atoms with Crippen LogP contribution in [0, 0.1) is 0 Å². The van der Waals surface area contributed by atoms with Crippen molar-refractivity contribution >= 4 is 11.7 Å². The lowest BCUT2D eigenvalue weighted by Gasteiger charge is -2.04. The Morgan fingerprint density at radius 3 is 3.00 bits per heavy atom. The minimum Gasteiger partial charge on any atom is -0.461 e. The molecular weight excluding hydrogens is 230 g/mol. The van der Waals surface area contributed by atoms with Gasteiger partial charge in [-0.15, -0.1) is 0 Å². The Morgan fingerprint density at radius 2 is 2.28 bits per heavy atom. The van der Waals surface area contributed by atoms with Crippen LogP contribution in [0.15, 0.2) is 36.5 Å². The molecule has 1 N–H and O–H groups in total. The fraction of sp³-hybridized carbons (Fsp3) is 0.231. The van der Waals surface area contributed by atoms with Crippen molar-refractivity contribution in [2.45, 2.75) is 6.92 Å². The normalized spacial score (nSPS) is 10.1. The molecule has 18 heavy (non-hydrogen) atoms. The molecule has 0 saturated heterocycles. The number of esters is 1. The van der Waals surface area contributed by atoms with Gasteiger partial charge in [-0.1, -0.05) is 6.07 Å². The summed E-state index contributed by atoms with van der Waals surface area (Å²) < 4.78 is 6.54. The molecule has 0 spiro atoms. The third-order valence-corrected chi connectivity index (χ3v) is 2.47. The summed E-state index contributed by atoms with van der Waals surface area (Å²) in [7, 11) is 1.85. The maximum Gasteiger partial charge on any atom is 0.358 e. The number of nitrogens with one attached hydrogen (secondary N) is 1. The van der Waals surface area contributed by atoms with Gasteiger partial charge in [0.15, 0.2) is 5.69 Å². The zero-order valence-corrected chi connectivity index (χ0v) is 10.4. The van der Waals surface area contributed by atoms with E-state index < -0.39 is 5.97 Å². The molecule has 2 rings (SSSR count). The molecule has 0 fully saturated rings. The first-order valence-corrected chi connectivity index (χ1v) is 5.75. The first kappa shape index (κ1) is 12.2. The quantitative estimate of drug-likeness (QED) is 0.838. The second-order valence-electron chi connectivity index (χ2n) is 3.67. The summed E-state index contributed by atoms with van der Waals surface area (Å²) in [5, 5.41) is 7.24. The largest absolute Gasteiger partial charge is 0.461 e. The second kappa shape index (κ2) is 5.35. The van der Waals surface area contributed by atoms with Gasteiger partial charge in [0.2, 0.25) is 0 Å². The SMILES string of the molecule is CCOC(=O)c1ccn(-c2cccc(NC)c2)n1. The molecule has 5 nitrogen and oxygen atoms in total. The van der Waals surface area contributed by atoms with Crippen molar-refractivity contribution in [3.8, 4) is 5.69 Å². The molecule has 0 atom stereocenters. The number of ether oxygens (including phenoxy) is 1. The van der Waals surface area contributed by atoms with Crippen molar-refractivity contribution in [3.63, 3.8) is 0 Å². The summed E-state index contributed by atoms with van der Waals surface area (Å²) >= 11 is 0. The molecule has 0 aliphatic rings. The first-order chi connectivity index (χ1) is 8.74. The van der Waals surface area contributed by atoms with Crippen molar-refractivity contribution in [2.75, 3.05) is 19.0 Å². The number of anilines is 1. The molecule has 2 aromatic rings. The Kier molecular flexibility index (Phi) is 3.62. The summed E-state index contributed by atoms with van der Waals surface area (Å²) in [5.74, 6) is -0.402. The van der Waals surface area contributed by atoms with Gasteiger partial charge in [0.05, 0.1) is 12.3 Å². The van der Waals surface area contributed by atoms with Crippen LogP contribution < -0.4 is 5.32 Å². The van der Waals surface area contributed by atoms with Crippen LogP contribution in [0.25, 0.3) is 5.69 Å². The third-order valence-electron chi connectivity index (χ3n) is 2.47. The molecule has 0 saturated carbocycles. The maximum absolute atomic E-state index is 11.5. The molecule has 1 heterocycles. The van der Waals surface area contributed by atoms with E-state index >= 15 is 0 Å². The smallest absolute Gasteiger partial charge is 0.358 e. The average Bonchev–Trinajstić information content (AvgIpc) is 2.89. The molecule has 0 amide bonds. The van der Waals surface area contributed by atoms with E-state index in [9.17, 15) is 4.79 Å². The molecule has 94 valence electrons. The van der Waals surface area contributed by atoms with E-state index in [4.69, 9.17) is 4.74 Å². The zero-order chi connectivity index (χ0) is 13.0. The van der Waals surface area contributed by atoms with Crippen LogP contribution in [0.3, 0.4) is 0 Å². The predicted molar refractivity (Wildman–Crippen MR) is 69.1 cm³/mol. The fourth-order valence-electron chi connectivity index (χ4n) is 1.59. The van der Waals surface area contributed by atoms with Crippen LogP contribution in [0.1, 0.15) is 17.4 Å². The number of carbonyl (C=O) groups excluding carboxylic acids is 1. The van der Waals surface area contributed by atoms with Gasteiger partial charge in [0.1, 0.15) is 0 Å². The van der Waals surface area contributed by atoms with Crippen molar-refractivity contribution < 1.29 is 9.53 Å². The molecule has 0 bridgehead atoms. The van der Waals surface area contributed by atoms with E-state index in [0.717, 1.165) is 11.4 Å². The van der Waals surface area contributed by atoms with Crippen LogP contribution in [0.5, 0.6) is 0 Å². The number of nitrogens with zero attached hydrogens (tertiary/aromatic N) is 2. The van der Waals surface area contributed by atoms with E-state index in [-0.39, 0.29) is 0 Å². The highest BCUT2D eigenvalue weighted by atomic mass is 16.5. The van der Waals surface area contributed by atoms with E-state index in [1.807, 2.05) is 31.3 Å². The number of hydrogen-bond acceptors (Lipinski definition) is 4. The van der Waals surface area contributed by atoms with Gasteiger partial charge >= 0.3 is 5.97 Å². The lowest BCUT2D eigenvalue weighted by Crippen LogP contribution is -2.06. The van der Waals surface area contributed by atoms with Gasteiger partial charge in [0.25, 0.3) is 0 Å². The number of rotatable bonds is 4. The first-order valence-electron chi connectivity index (χ1n) is 5.75. The summed E-state index contributed by atoms with van der Waals surface area (Å²) in [6, 6.07) is 9.39. The van der Waals surface area contributed by atoms with Crippen LogP contribution >= 0.6 is 0 Å². The number of aromatic nitrogens is 2. The van der Waals surface area contributed by atoms with Gasteiger partial charge in [-0.3, -0.25) is 0 Å². The van der Waals surface area contributed by atoms with Gasteiger partial charge in [-0.2, -0.15) is 5.10 Å². The second-order valence-corrected chi connectivity index (χ2v) is 3.67. The summed E-state index contributed by atoms with van der Waals surface area (Å²) in [6.07, 6.45) is 1.74. The van der Waals surface area contributed by atoms with Crippen LogP contribution in [0.4, 0.5) is 5.69 Å². The molecule has 5 heteroatoms. The Hall–Kier alpha value is -2.30. The van der Waals surface area contributed by atoms with Crippen molar-refractivity contribution in [2.24, 2.45) is 0 Å². The molecule has 0 unspecified atom stereocenters. The standard InChI is InChI=1S/C13H15N3O2/c1-3-18-13(17)12-7-8-16(15-12)11-6-4-5-10(9-11)14-2/h4-9,14H,3H2,1-2H3. The van der Waals surface area contributed by atoms with E-state index in [0.29, 0.717) is 12.3 Å². The van der Waals surface area contributed by atoms with Gasteiger partial charge < -0.3 is 10.1 Å². The Bertz CT molecular complexity index is 549. The summed E-state index contributed by atoms with van der Waals surface area (Å²) in [5.41, 5.74) is 2.18. The van der Waals surface area contributed by atoms with Crippen molar-refractivity contribution in [3.05, 3.63) is 42.2 Å². The molecule has 1 aromatic carbocycles. The highest BCUT2D eigenvalue weighted by Gasteiger charge is 2.10. The molecule has 0 radical (unpaired) electrons. The predicted octanol–water partition coefficient (Wildman–Crippen LogP) is 2.09. The average molecular weight is 245 g/mol. The third kappa shape index (κ3) is 2.51. The van der Waals surface area contributed by atoms with E-state index in [1.165, 1.54) is 0 Å². The Balaban J connectivity index is 2.26. The Morgan fingerprint density at radius 1 is 1.44 bits per heavy atom. The van der Waals surface area contributed by atoms with Crippen LogP contribution in [0.2, 0.25) is 0 Å². The van der Waals surface area contributed by atoms with Crippen molar-refractivity contribution in [1.82, 2.24) is 9.78 Å². The van der Waals surface area contributed by atoms with Gasteiger partial charge in [-0.05, 0) is 31.2 Å². The fourth-order valence-corrected chi connectivity index (χ4v) is 1.59. The lowest BCUT2D eigenvalue weighted by atomic mass is 10.3. The maximum atomic E-state index is 11.5. The summed E-state index contributed by atoms with van der Waals surface area (Å²) in [6.45, 7) is 2.12. The minimum absolute atomic E-state index is 0.312. The highest BCUT2D eigenvalue weighted by Crippen LogP contribution is 2.14. The summed E-state index contributed by atoms with van der Waals surface area (Å²) in [4.78, 5) is 11.5. The highest BCUT2D eigenvalue weighted by molar-refractivity contribution is 5.87. The van der Waals surface area contributed by atoms with Crippen molar-refractivity contribution in [1.29, 1.82) is 0 Å². The van der Waals surface area contributed by atoms with Crippen LogP contribution in [-0.4, -0.2) is 29.4 Å². The minimum atomic E-state index is -0.402. The molecule has 0 aliphatic heterocycles. The van der Waals surface area contributed by atoms with E-state index in [2.05, 4.69) is 10.4 Å². The zero-order valence-electron chi connectivity index (χ0n) is 10.4. The van der Waals surface area contributed by atoms with Crippen LogP contribution in [-0.2, 0) is 4.74 Å². The molecular formula is C13H15N3O2. The molecule has 0 aliphatic carbocycles. The monoisotopic (exact) mass is 245 g/mol. The lowest BCUT2D eigenvalue weighted by molar-refractivity contribution is 0.0519. The number of carbonyl (C=O) groups is 1.